The van der Waals surface area contributed by atoms with Gasteiger partial charge in [0, 0.05) is 0 Å². The van der Waals surface area contributed by atoms with E-state index in [1.54, 1.807) is 0 Å². The zero-order valence-electron chi connectivity index (χ0n) is 18.4. The van der Waals surface area contributed by atoms with Crippen molar-refractivity contribution in [2.24, 2.45) is 23.7 Å². The maximum atomic E-state index is 7.62. The highest BCUT2D eigenvalue weighted by atomic mass is 16.5. The lowest BCUT2D eigenvalue weighted by Crippen LogP contribution is -2.35. The van der Waals surface area contributed by atoms with Crippen molar-refractivity contribution in [2.75, 3.05) is 13.2 Å². The van der Waals surface area contributed by atoms with Crippen LogP contribution in [0, 0.1) is 23.7 Å². The molecule has 0 rings (SSSR count). The van der Waals surface area contributed by atoms with Gasteiger partial charge in [0.2, 0.25) is 0 Å². The molecule has 0 aromatic carbocycles. The molecule has 2 N–H and O–H groups in total. The van der Waals surface area contributed by atoms with Crippen LogP contribution < -0.4 is 0 Å². The lowest BCUT2D eigenvalue weighted by atomic mass is 9.86. The molecule has 3 nitrogen and oxygen atoms in total. The van der Waals surface area contributed by atoms with E-state index in [0.717, 1.165) is 0 Å². The lowest BCUT2D eigenvalue weighted by molar-refractivity contribution is -0.0859. The third-order valence-electron chi connectivity index (χ3n) is 5.41. The fourth-order valence-electron chi connectivity index (χ4n) is 2.80. The number of rotatable bonds is 13. The minimum absolute atomic E-state index is 0.125. The van der Waals surface area contributed by atoms with E-state index in [2.05, 4.69) is 55.4 Å². The highest BCUT2D eigenvalue weighted by molar-refractivity contribution is 4.76. The smallest absolute Gasteiger partial charge is 0.0662 e. The minimum atomic E-state index is -0.125. The first-order chi connectivity index (χ1) is 11.8. The molecule has 25 heavy (non-hydrogen) atoms. The Bertz CT molecular complexity index is 240. The highest BCUT2D eigenvalue weighted by Crippen LogP contribution is 2.29. The van der Waals surface area contributed by atoms with Crippen LogP contribution in [0.15, 0.2) is 0 Å². The highest BCUT2D eigenvalue weighted by Gasteiger charge is 2.27. The summed E-state index contributed by atoms with van der Waals surface area (Å²) in [6, 6.07) is 0. The van der Waals surface area contributed by atoms with Crippen molar-refractivity contribution in [1.82, 2.24) is 0 Å². The number of hydrogen-bond donors (Lipinski definition) is 2. The minimum Gasteiger partial charge on any atom is -0.394 e. The van der Waals surface area contributed by atoms with E-state index in [1.165, 1.54) is 38.5 Å². The van der Waals surface area contributed by atoms with Crippen molar-refractivity contribution < 1.29 is 14.9 Å². The van der Waals surface area contributed by atoms with E-state index in [-0.39, 0.29) is 13.2 Å². The van der Waals surface area contributed by atoms with Crippen LogP contribution in [0.25, 0.3) is 0 Å². The van der Waals surface area contributed by atoms with Crippen molar-refractivity contribution in [1.29, 1.82) is 0 Å². The van der Waals surface area contributed by atoms with Gasteiger partial charge in [-0.3, -0.25) is 0 Å². The van der Waals surface area contributed by atoms with Crippen molar-refractivity contribution >= 4 is 0 Å². The molecule has 0 heterocycles. The van der Waals surface area contributed by atoms with Crippen molar-refractivity contribution in [3.63, 3.8) is 0 Å². The van der Waals surface area contributed by atoms with Crippen LogP contribution in [0.5, 0.6) is 0 Å². The molecule has 154 valence electrons. The summed E-state index contributed by atoms with van der Waals surface area (Å²) in [5.74, 6) is 2.71. The monoisotopic (exact) mass is 360 g/mol. The number of aliphatic hydroxyl groups excluding tert-OH is 2. The SMILES string of the molecule is CCCCC(OC(CCCC)C(C)C(C)C)C(C)C(C)C.OCCO. The second-order valence-corrected chi connectivity index (χ2v) is 8.15. The second kappa shape index (κ2) is 17.3. The Kier molecular flexibility index (Phi) is 18.8. The summed E-state index contributed by atoms with van der Waals surface area (Å²) < 4.78 is 6.70. The van der Waals surface area contributed by atoms with Gasteiger partial charge in [-0.1, -0.05) is 81.1 Å². The molecule has 0 fully saturated rings. The molecule has 0 spiro atoms. The number of aliphatic hydroxyl groups is 2. The molecule has 0 bridgehead atoms. The first-order valence-corrected chi connectivity index (χ1v) is 10.6. The molecule has 0 aliphatic carbocycles. The lowest BCUT2D eigenvalue weighted by Gasteiger charge is -2.35. The van der Waals surface area contributed by atoms with Crippen molar-refractivity contribution in [3.8, 4) is 0 Å². The third-order valence-corrected chi connectivity index (χ3v) is 5.41. The van der Waals surface area contributed by atoms with Gasteiger partial charge in [0.1, 0.15) is 0 Å². The van der Waals surface area contributed by atoms with Gasteiger partial charge in [0.15, 0.2) is 0 Å². The van der Waals surface area contributed by atoms with Crippen LogP contribution in [0.1, 0.15) is 93.9 Å². The fourth-order valence-corrected chi connectivity index (χ4v) is 2.80. The molecule has 0 amide bonds. The molecular formula is C22H48O3. The molecule has 4 unspecified atom stereocenters. The average Bonchev–Trinajstić information content (AvgIpc) is 2.59. The summed E-state index contributed by atoms with van der Waals surface area (Å²) in [6.07, 6.45) is 8.44. The van der Waals surface area contributed by atoms with E-state index >= 15 is 0 Å². The summed E-state index contributed by atoms with van der Waals surface area (Å²) in [6.45, 7) is 18.4. The van der Waals surface area contributed by atoms with Gasteiger partial charge in [0.05, 0.1) is 25.4 Å². The van der Waals surface area contributed by atoms with E-state index in [9.17, 15) is 0 Å². The molecule has 0 radical (unpaired) electrons. The Morgan fingerprint density at radius 2 is 0.960 bits per heavy atom. The van der Waals surface area contributed by atoms with Crippen molar-refractivity contribution in [2.45, 2.75) is 106 Å². The van der Waals surface area contributed by atoms with Gasteiger partial charge in [-0.25, -0.2) is 0 Å². The normalized spacial score (nSPS) is 16.3. The Hall–Kier alpha value is -0.120. The van der Waals surface area contributed by atoms with Crippen LogP contribution in [0.3, 0.4) is 0 Å². The van der Waals surface area contributed by atoms with Crippen LogP contribution in [-0.4, -0.2) is 35.6 Å². The molecule has 0 saturated heterocycles. The number of ether oxygens (including phenoxy) is 1. The molecule has 4 atom stereocenters. The maximum absolute atomic E-state index is 7.62. The van der Waals surface area contributed by atoms with E-state index < -0.39 is 0 Å². The Morgan fingerprint density at radius 3 is 1.16 bits per heavy atom. The van der Waals surface area contributed by atoms with Crippen molar-refractivity contribution in [3.05, 3.63) is 0 Å². The van der Waals surface area contributed by atoms with Gasteiger partial charge in [0.25, 0.3) is 0 Å². The first-order valence-electron chi connectivity index (χ1n) is 10.6. The zero-order chi connectivity index (χ0) is 19.8. The predicted octanol–water partition coefficient (Wildman–Crippen LogP) is 5.68. The largest absolute Gasteiger partial charge is 0.394 e. The van der Waals surface area contributed by atoms with Crippen LogP contribution in [0.4, 0.5) is 0 Å². The molecule has 3 heteroatoms. The first kappa shape index (κ1) is 27.1. The summed E-state index contributed by atoms with van der Waals surface area (Å²) in [5, 5.41) is 15.2. The summed E-state index contributed by atoms with van der Waals surface area (Å²) >= 11 is 0. The fraction of sp³-hybridized carbons (Fsp3) is 1.00. The van der Waals surface area contributed by atoms with Gasteiger partial charge >= 0.3 is 0 Å². The zero-order valence-corrected chi connectivity index (χ0v) is 18.4. The molecule has 0 aliphatic rings. The van der Waals surface area contributed by atoms with Crippen LogP contribution >= 0.6 is 0 Å². The molecule has 0 aromatic heterocycles. The maximum Gasteiger partial charge on any atom is 0.0662 e. The number of unbranched alkanes of at least 4 members (excludes halogenated alkanes) is 2. The summed E-state index contributed by atoms with van der Waals surface area (Å²) in [4.78, 5) is 0. The van der Waals surface area contributed by atoms with Gasteiger partial charge in [-0.15, -0.1) is 0 Å². The number of hydrogen-bond acceptors (Lipinski definition) is 3. The molecule has 0 aliphatic heterocycles. The van der Waals surface area contributed by atoms with Gasteiger partial charge in [-0.05, 0) is 36.5 Å². The Labute approximate surface area is 158 Å². The quantitative estimate of drug-likeness (QED) is 0.444. The second-order valence-electron chi connectivity index (χ2n) is 8.15. The Balaban J connectivity index is 0. The molecule has 0 aromatic rings. The Morgan fingerprint density at radius 1 is 0.640 bits per heavy atom. The van der Waals surface area contributed by atoms with E-state index in [1.807, 2.05) is 0 Å². The van der Waals surface area contributed by atoms with Gasteiger partial charge < -0.3 is 14.9 Å². The van der Waals surface area contributed by atoms with E-state index in [0.29, 0.717) is 35.9 Å². The van der Waals surface area contributed by atoms with E-state index in [4.69, 9.17) is 14.9 Å². The summed E-state index contributed by atoms with van der Waals surface area (Å²) in [7, 11) is 0. The van der Waals surface area contributed by atoms with Crippen LogP contribution in [0.2, 0.25) is 0 Å². The third kappa shape index (κ3) is 13.7. The standard InChI is InChI=1S/C20H42O.C2H6O2/c1-9-11-13-19(17(7)15(3)4)21-20(14-12-10-2)18(8)16(5)6;3-1-2-4/h15-20H,9-14H2,1-8H3;3-4H,1-2H2. The topological polar surface area (TPSA) is 49.7 Å². The average molecular weight is 361 g/mol. The van der Waals surface area contributed by atoms with Gasteiger partial charge in [-0.2, -0.15) is 0 Å². The predicted molar refractivity (Wildman–Crippen MR) is 110 cm³/mol. The molecule has 0 saturated carbocycles. The molecular weight excluding hydrogens is 312 g/mol. The van der Waals surface area contributed by atoms with Crippen LogP contribution in [-0.2, 0) is 4.74 Å². The summed E-state index contributed by atoms with van der Waals surface area (Å²) in [5.41, 5.74) is 0.